The van der Waals surface area contributed by atoms with Crippen LogP contribution in [0.1, 0.15) is 48.3 Å². The topological polar surface area (TPSA) is 71.4 Å². The molecule has 0 saturated carbocycles. The van der Waals surface area contributed by atoms with Crippen molar-refractivity contribution < 1.29 is 13.2 Å². The van der Waals surface area contributed by atoms with Gasteiger partial charge in [0.2, 0.25) is 10.0 Å². The number of aryl methyl sites for hydroxylation is 1. The van der Waals surface area contributed by atoms with Crippen LogP contribution in [0.3, 0.4) is 0 Å². The number of carbonyl (C=O) groups is 1. The first kappa shape index (κ1) is 19.9. The number of sulfonamides is 1. The van der Waals surface area contributed by atoms with Crippen molar-refractivity contribution in [3.8, 4) is 0 Å². The molecule has 1 amide bonds. The minimum Gasteiger partial charge on any atom is -0.345 e. The van der Waals surface area contributed by atoms with Crippen LogP contribution in [0.15, 0.2) is 41.4 Å². The Hall–Kier alpha value is -1.83. The van der Waals surface area contributed by atoms with Crippen LogP contribution in [-0.4, -0.2) is 36.3 Å². The highest BCUT2D eigenvalue weighted by Crippen LogP contribution is 2.24. The molecule has 1 fully saturated rings. The Morgan fingerprint density at radius 2 is 1.85 bits per heavy atom. The van der Waals surface area contributed by atoms with E-state index < -0.39 is 10.0 Å². The van der Waals surface area contributed by atoms with Gasteiger partial charge in [-0.15, -0.1) is 0 Å². The molecule has 0 radical (unpaired) electrons. The third-order valence-corrected chi connectivity index (χ3v) is 7.02. The van der Waals surface area contributed by atoms with Gasteiger partial charge in [0.25, 0.3) is 5.91 Å². The highest BCUT2D eigenvalue weighted by molar-refractivity contribution is 7.89. The molecule has 1 aliphatic rings. The Balaban J connectivity index is 1.80. The number of aromatic nitrogens is 1. The van der Waals surface area contributed by atoms with E-state index in [1.54, 1.807) is 23.7 Å². The molecule has 1 aromatic carbocycles. The van der Waals surface area contributed by atoms with Crippen LogP contribution in [0.5, 0.6) is 0 Å². The van der Waals surface area contributed by atoms with E-state index in [1.165, 1.54) is 16.6 Å². The Bertz CT molecular complexity index is 916. The largest absolute Gasteiger partial charge is 0.345 e. The van der Waals surface area contributed by atoms with Gasteiger partial charge in [-0.05, 0) is 43.0 Å². The van der Waals surface area contributed by atoms with E-state index in [0.29, 0.717) is 30.2 Å². The van der Waals surface area contributed by atoms with Crippen molar-refractivity contribution in [1.82, 2.24) is 14.2 Å². The van der Waals surface area contributed by atoms with Crippen LogP contribution in [-0.2, 0) is 17.1 Å². The standard InChI is InChI=1S/C19H24ClN3O3S/c1-3-17(14-6-8-15(20)9-7-14)21-19(24)18-12-16(13-22(18)2)27(25,26)23-10-4-5-11-23/h6-9,12-13,17H,3-5,10-11H2,1-2H3,(H,21,24). The summed E-state index contributed by atoms with van der Waals surface area (Å²) in [6.07, 6.45) is 3.96. The smallest absolute Gasteiger partial charge is 0.268 e. The first-order chi connectivity index (χ1) is 12.8. The molecule has 0 aliphatic carbocycles. The summed E-state index contributed by atoms with van der Waals surface area (Å²) in [5.41, 5.74) is 1.27. The van der Waals surface area contributed by atoms with Crippen molar-refractivity contribution in [2.24, 2.45) is 7.05 Å². The lowest BCUT2D eigenvalue weighted by Gasteiger charge is -2.17. The quantitative estimate of drug-likeness (QED) is 0.795. The molecule has 8 heteroatoms. The van der Waals surface area contributed by atoms with Crippen LogP contribution < -0.4 is 5.32 Å². The summed E-state index contributed by atoms with van der Waals surface area (Å²) in [4.78, 5) is 12.9. The van der Waals surface area contributed by atoms with Gasteiger partial charge in [0, 0.05) is 31.4 Å². The monoisotopic (exact) mass is 409 g/mol. The number of hydrogen-bond acceptors (Lipinski definition) is 3. The fourth-order valence-electron chi connectivity index (χ4n) is 3.33. The average molecular weight is 410 g/mol. The fraction of sp³-hybridized carbons (Fsp3) is 0.421. The first-order valence-electron chi connectivity index (χ1n) is 9.05. The molecule has 1 N–H and O–H groups in total. The molecule has 27 heavy (non-hydrogen) atoms. The molecule has 1 unspecified atom stereocenters. The number of halogens is 1. The average Bonchev–Trinajstić information content (AvgIpc) is 3.30. The maximum atomic E-state index is 12.8. The lowest BCUT2D eigenvalue weighted by Crippen LogP contribution is -2.29. The van der Waals surface area contributed by atoms with Gasteiger partial charge < -0.3 is 9.88 Å². The number of nitrogens with zero attached hydrogens (tertiary/aromatic N) is 2. The minimum absolute atomic E-state index is 0.164. The second-order valence-electron chi connectivity index (χ2n) is 6.77. The molecule has 0 bridgehead atoms. The van der Waals surface area contributed by atoms with Gasteiger partial charge in [-0.2, -0.15) is 4.31 Å². The highest BCUT2D eigenvalue weighted by Gasteiger charge is 2.29. The highest BCUT2D eigenvalue weighted by atomic mass is 35.5. The Morgan fingerprint density at radius 3 is 2.44 bits per heavy atom. The predicted octanol–water partition coefficient (Wildman–Crippen LogP) is 3.34. The van der Waals surface area contributed by atoms with Crippen LogP contribution in [0.4, 0.5) is 0 Å². The second-order valence-corrected chi connectivity index (χ2v) is 9.14. The van der Waals surface area contributed by atoms with Crippen molar-refractivity contribution in [1.29, 1.82) is 0 Å². The summed E-state index contributed by atoms with van der Waals surface area (Å²) < 4.78 is 28.5. The second kappa shape index (κ2) is 8.04. The molecule has 1 aliphatic heterocycles. The van der Waals surface area contributed by atoms with E-state index >= 15 is 0 Å². The fourth-order valence-corrected chi connectivity index (χ4v) is 5.04. The lowest BCUT2D eigenvalue weighted by atomic mass is 10.0. The summed E-state index contributed by atoms with van der Waals surface area (Å²) >= 11 is 5.93. The van der Waals surface area contributed by atoms with Gasteiger partial charge in [-0.3, -0.25) is 4.79 Å². The van der Waals surface area contributed by atoms with E-state index in [9.17, 15) is 13.2 Å². The summed E-state index contributed by atoms with van der Waals surface area (Å²) in [6.45, 7) is 3.05. The van der Waals surface area contributed by atoms with Gasteiger partial charge in [-0.25, -0.2) is 8.42 Å². The van der Waals surface area contributed by atoms with E-state index in [2.05, 4.69) is 5.32 Å². The number of hydrogen-bond donors (Lipinski definition) is 1. The van der Waals surface area contributed by atoms with E-state index in [4.69, 9.17) is 11.6 Å². The number of carbonyl (C=O) groups excluding carboxylic acids is 1. The molecule has 3 rings (SSSR count). The minimum atomic E-state index is -3.55. The van der Waals surface area contributed by atoms with Gasteiger partial charge >= 0.3 is 0 Å². The maximum Gasteiger partial charge on any atom is 0.268 e. The summed E-state index contributed by atoms with van der Waals surface area (Å²) in [5.74, 6) is -0.304. The van der Waals surface area contributed by atoms with E-state index in [-0.39, 0.29) is 16.8 Å². The number of benzene rings is 1. The Morgan fingerprint density at radius 1 is 1.22 bits per heavy atom. The third-order valence-electron chi connectivity index (χ3n) is 4.90. The van der Waals surface area contributed by atoms with Gasteiger partial charge in [-0.1, -0.05) is 30.7 Å². The van der Waals surface area contributed by atoms with Crippen LogP contribution in [0, 0.1) is 0 Å². The number of amides is 1. The SMILES string of the molecule is CCC(NC(=O)c1cc(S(=O)(=O)N2CCCC2)cn1C)c1ccc(Cl)cc1. The predicted molar refractivity (Wildman–Crippen MR) is 105 cm³/mol. The molecule has 2 heterocycles. The lowest BCUT2D eigenvalue weighted by molar-refractivity contribution is 0.0927. The molecule has 146 valence electrons. The van der Waals surface area contributed by atoms with Crippen molar-refractivity contribution >= 4 is 27.5 Å². The number of rotatable bonds is 6. The molecule has 1 aromatic heterocycles. The summed E-state index contributed by atoms with van der Waals surface area (Å²) in [7, 11) is -1.87. The van der Waals surface area contributed by atoms with E-state index in [1.807, 2.05) is 19.1 Å². The summed E-state index contributed by atoms with van der Waals surface area (Å²) in [5, 5.41) is 3.62. The molecule has 6 nitrogen and oxygen atoms in total. The Labute approximate surface area is 165 Å². The number of nitrogens with one attached hydrogen (secondary N) is 1. The molecule has 1 saturated heterocycles. The zero-order valence-electron chi connectivity index (χ0n) is 15.5. The molecular formula is C19H24ClN3O3S. The van der Waals surface area contributed by atoms with Crippen molar-refractivity contribution in [2.75, 3.05) is 13.1 Å². The molecule has 1 atom stereocenters. The zero-order valence-corrected chi connectivity index (χ0v) is 17.1. The zero-order chi connectivity index (χ0) is 19.6. The van der Waals surface area contributed by atoms with Gasteiger partial charge in [0.05, 0.1) is 6.04 Å². The molecule has 0 spiro atoms. The van der Waals surface area contributed by atoms with Gasteiger partial charge in [0.1, 0.15) is 10.6 Å². The van der Waals surface area contributed by atoms with Crippen molar-refractivity contribution in [3.63, 3.8) is 0 Å². The maximum absolute atomic E-state index is 12.8. The van der Waals surface area contributed by atoms with Crippen molar-refractivity contribution in [2.45, 2.75) is 37.1 Å². The van der Waals surface area contributed by atoms with E-state index in [0.717, 1.165) is 18.4 Å². The molecular weight excluding hydrogens is 386 g/mol. The van der Waals surface area contributed by atoms with Gasteiger partial charge in [0.15, 0.2) is 0 Å². The Kier molecular flexibility index (Phi) is 5.93. The van der Waals surface area contributed by atoms with Crippen LogP contribution in [0.25, 0.3) is 0 Å². The van der Waals surface area contributed by atoms with Crippen LogP contribution >= 0.6 is 11.6 Å². The first-order valence-corrected chi connectivity index (χ1v) is 10.9. The summed E-state index contributed by atoms with van der Waals surface area (Å²) in [6, 6.07) is 8.61. The molecule has 2 aromatic rings. The van der Waals surface area contributed by atoms with Crippen LogP contribution in [0.2, 0.25) is 5.02 Å². The normalized spacial score (nSPS) is 16.4. The van der Waals surface area contributed by atoms with Crippen molar-refractivity contribution in [3.05, 3.63) is 52.8 Å². The third kappa shape index (κ3) is 4.20.